The summed E-state index contributed by atoms with van der Waals surface area (Å²) in [6.45, 7) is 2.86. The van der Waals surface area contributed by atoms with Crippen molar-refractivity contribution in [3.8, 4) is 0 Å². The highest BCUT2D eigenvalue weighted by atomic mass is 16.6. The van der Waals surface area contributed by atoms with Gasteiger partial charge in [-0.25, -0.2) is 9.69 Å². The van der Waals surface area contributed by atoms with E-state index in [0.29, 0.717) is 19.6 Å². The van der Waals surface area contributed by atoms with Crippen molar-refractivity contribution in [1.29, 1.82) is 0 Å². The fourth-order valence-electron chi connectivity index (χ4n) is 3.03. The van der Waals surface area contributed by atoms with Crippen LogP contribution >= 0.6 is 0 Å². The van der Waals surface area contributed by atoms with Crippen LogP contribution in [0.1, 0.15) is 30.6 Å². The van der Waals surface area contributed by atoms with E-state index in [2.05, 4.69) is 0 Å². The van der Waals surface area contributed by atoms with Gasteiger partial charge in [-0.15, -0.1) is 0 Å². The predicted molar refractivity (Wildman–Crippen MR) is 102 cm³/mol. The summed E-state index contributed by atoms with van der Waals surface area (Å²) in [5, 5.41) is 0. The Morgan fingerprint density at radius 3 is 2.48 bits per heavy atom. The summed E-state index contributed by atoms with van der Waals surface area (Å²) in [7, 11) is 0. The summed E-state index contributed by atoms with van der Waals surface area (Å²) < 4.78 is 11.0. The molecule has 0 saturated carbocycles. The van der Waals surface area contributed by atoms with Crippen molar-refractivity contribution in [3.05, 3.63) is 83.9 Å². The van der Waals surface area contributed by atoms with Crippen molar-refractivity contribution in [2.45, 2.75) is 32.1 Å². The van der Waals surface area contributed by atoms with Gasteiger partial charge < -0.3 is 9.47 Å². The van der Waals surface area contributed by atoms with Gasteiger partial charge in [-0.05, 0) is 30.5 Å². The van der Waals surface area contributed by atoms with Crippen molar-refractivity contribution < 1.29 is 19.1 Å². The smallest absolute Gasteiger partial charge is 0.417 e. The molecule has 2 amide bonds. The number of carbonyl (C=O) groups is 2. The quantitative estimate of drug-likeness (QED) is 0.543. The summed E-state index contributed by atoms with van der Waals surface area (Å²) in [6, 6.07) is 19.0. The molecule has 0 N–H and O–H groups in total. The van der Waals surface area contributed by atoms with Gasteiger partial charge in [-0.3, -0.25) is 4.79 Å². The average Bonchev–Trinajstić information content (AvgIpc) is 3.00. The van der Waals surface area contributed by atoms with Gasteiger partial charge in [-0.1, -0.05) is 66.7 Å². The summed E-state index contributed by atoms with van der Waals surface area (Å²) in [4.78, 5) is 25.7. The van der Waals surface area contributed by atoms with Crippen LogP contribution in [-0.2, 0) is 20.9 Å². The van der Waals surface area contributed by atoms with Crippen LogP contribution in [0.5, 0.6) is 0 Å². The number of nitrogens with zero attached hydrogens (tertiary/aromatic N) is 1. The van der Waals surface area contributed by atoms with Crippen molar-refractivity contribution in [2.75, 3.05) is 6.61 Å². The van der Waals surface area contributed by atoms with E-state index >= 15 is 0 Å². The fourth-order valence-corrected chi connectivity index (χ4v) is 3.03. The SMILES string of the molecule is C[C@@H]1[C@H](c2ccccc2)OC(=O)N1C(=O)/C=C\CCOCc1ccccc1. The minimum absolute atomic E-state index is 0.355. The molecule has 1 fully saturated rings. The fraction of sp³-hybridized carbons (Fsp3) is 0.273. The van der Waals surface area contributed by atoms with Gasteiger partial charge >= 0.3 is 6.09 Å². The Morgan fingerprint density at radius 1 is 1.11 bits per heavy atom. The highest BCUT2D eigenvalue weighted by molar-refractivity contribution is 6.00. The number of imide groups is 1. The third-order valence-corrected chi connectivity index (χ3v) is 4.44. The first-order valence-electron chi connectivity index (χ1n) is 9.04. The Bertz CT molecular complexity index is 788. The third kappa shape index (κ3) is 4.83. The Kier molecular flexibility index (Phi) is 6.39. The number of benzene rings is 2. The standard InChI is InChI=1S/C22H23NO4/c1-17-21(19-12-6-3-7-13-19)27-22(25)23(17)20(24)14-8-9-15-26-16-18-10-4-2-5-11-18/h2-8,10-14,17,21H,9,15-16H2,1H3/b14-8-/t17-,21-/m1/s1. The zero-order chi connectivity index (χ0) is 19.1. The molecule has 0 spiro atoms. The molecule has 1 heterocycles. The normalized spacial score (nSPS) is 19.4. The zero-order valence-corrected chi connectivity index (χ0v) is 15.3. The third-order valence-electron chi connectivity index (χ3n) is 4.44. The molecule has 0 aliphatic carbocycles. The molecule has 140 valence electrons. The maximum Gasteiger partial charge on any atom is 0.417 e. The van der Waals surface area contributed by atoms with Crippen LogP contribution in [0, 0.1) is 0 Å². The molecule has 1 saturated heterocycles. The van der Waals surface area contributed by atoms with Gasteiger partial charge in [0.25, 0.3) is 5.91 Å². The molecule has 5 nitrogen and oxygen atoms in total. The van der Waals surface area contributed by atoms with Gasteiger partial charge in [0.15, 0.2) is 0 Å². The van der Waals surface area contributed by atoms with Gasteiger partial charge in [0.05, 0.1) is 19.3 Å². The Balaban J connectivity index is 1.47. The van der Waals surface area contributed by atoms with Gasteiger partial charge in [0.1, 0.15) is 6.10 Å². The monoisotopic (exact) mass is 365 g/mol. The Morgan fingerprint density at radius 2 is 1.78 bits per heavy atom. The Labute approximate surface area is 159 Å². The molecule has 3 rings (SSSR count). The lowest BCUT2D eigenvalue weighted by atomic mass is 10.0. The first kappa shape index (κ1) is 18.9. The molecule has 2 atom stereocenters. The van der Waals surface area contributed by atoms with Crippen molar-refractivity contribution in [3.63, 3.8) is 0 Å². The molecule has 2 aromatic carbocycles. The first-order valence-corrected chi connectivity index (χ1v) is 9.04. The predicted octanol–water partition coefficient (Wildman–Crippen LogP) is 4.26. The van der Waals surface area contributed by atoms with E-state index in [0.717, 1.165) is 11.1 Å². The molecule has 0 aromatic heterocycles. The van der Waals surface area contributed by atoms with Gasteiger partial charge in [0.2, 0.25) is 0 Å². The molecule has 27 heavy (non-hydrogen) atoms. The van der Waals surface area contributed by atoms with E-state index < -0.39 is 12.2 Å². The molecule has 1 aliphatic rings. The number of amides is 2. The number of cyclic esters (lactones) is 1. The Hall–Kier alpha value is -2.92. The van der Waals surface area contributed by atoms with Crippen LogP contribution < -0.4 is 0 Å². The van der Waals surface area contributed by atoms with E-state index in [1.807, 2.05) is 67.6 Å². The second-order valence-corrected chi connectivity index (χ2v) is 6.39. The topological polar surface area (TPSA) is 55.8 Å². The van der Waals surface area contributed by atoms with E-state index in [1.54, 1.807) is 6.08 Å². The van der Waals surface area contributed by atoms with E-state index in [4.69, 9.17) is 9.47 Å². The number of hydrogen-bond acceptors (Lipinski definition) is 4. The molecule has 0 radical (unpaired) electrons. The largest absolute Gasteiger partial charge is 0.439 e. The van der Waals surface area contributed by atoms with Crippen LogP contribution in [0.2, 0.25) is 0 Å². The van der Waals surface area contributed by atoms with Crippen LogP contribution in [0.4, 0.5) is 4.79 Å². The maximum atomic E-state index is 12.4. The lowest BCUT2D eigenvalue weighted by molar-refractivity contribution is -0.124. The number of hydrogen-bond donors (Lipinski definition) is 0. The summed E-state index contributed by atoms with van der Waals surface area (Å²) in [6.07, 6.45) is 2.69. The van der Waals surface area contributed by atoms with E-state index in [-0.39, 0.29) is 11.9 Å². The lowest BCUT2D eigenvalue weighted by Gasteiger charge is -2.17. The second kappa shape index (κ2) is 9.14. The van der Waals surface area contributed by atoms with Crippen LogP contribution in [0.15, 0.2) is 72.8 Å². The summed E-state index contributed by atoms with van der Waals surface area (Å²) in [5.41, 5.74) is 1.99. The van der Waals surface area contributed by atoms with Crippen LogP contribution in [0.25, 0.3) is 0 Å². The van der Waals surface area contributed by atoms with Gasteiger partial charge in [0, 0.05) is 0 Å². The molecule has 5 heteroatoms. The van der Waals surface area contributed by atoms with E-state index in [9.17, 15) is 9.59 Å². The average molecular weight is 365 g/mol. The summed E-state index contributed by atoms with van der Waals surface area (Å²) >= 11 is 0. The zero-order valence-electron chi connectivity index (χ0n) is 15.3. The first-order chi connectivity index (χ1) is 13.2. The lowest BCUT2D eigenvalue weighted by Crippen LogP contribution is -2.36. The minimum Gasteiger partial charge on any atom is -0.439 e. The molecular formula is C22H23NO4. The van der Waals surface area contributed by atoms with Crippen LogP contribution in [-0.4, -0.2) is 29.5 Å². The second-order valence-electron chi connectivity index (χ2n) is 6.39. The van der Waals surface area contributed by atoms with E-state index in [1.165, 1.54) is 11.0 Å². The highest BCUT2D eigenvalue weighted by Gasteiger charge is 2.42. The van der Waals surface area contributed by atoms with Crippen molar-refractivity contribution >= 4 is 12.0 Å². The molecule has 2 aromatic rings. The summed E-state index contributed by atoms with van der Waals surface area (Å²) in [5.74, 6) is -0.367. The number of carbonyl (C=O) groups excluding carboxylic acids is 2. The van der Waals surface area contributed by atoms with Gasteiger partial charge in [-0.2, -0.15) is 0 Å². The highest BCUT2D eigenvalue weighted by Crippen LogP contribution is 2.32. The minimum atomic E-state index is -0.605. The van der Waals surface area contributed by atoms with Crippen molar-refractivity contribution in [2.24, 2.45) is 0 Å². The number of ether oxygens (including phenoxy) is 2. The van der Waals surface area contributed by atoms with Crippen LogP contribution in [0.3, 0.4) is 0 Å². The molecule has 1 aliphatic heterocycles. The molecular weight excluding hydrogens is 342 g/mol. The number of rotatable bonds is 7. The van der Waals surface area contributed by atoms with Crippen molar-refractivity contribution in [1.82, 2.24) is 4.90 Å². The molecule has 0 unspecified atom stereocenters. The molecule has 0 bridgehead atoms. The maximum absolute atomic E-state index is 12.4.